The molecule has 2 fully saturated rings. The number of benzene rings is 1. The van der Waals surface area contributed by atoms with E-state index >= 15 is 0 Å². The van der Waals surface area contributed by atoms with Gasteiger partial charge in [0.05, 0.1) is 18.1 Å². The average Bonchev–Trinajstić information content (AvgIpc) is 3.42. The van der Waals surface area contributed by atoms with Crippen LogP contribution >= 0.6 is 11.6 Å². The van der Waals surface area contributed by atoms with Crippen molar-refractivity contribution in [2.75, 3.05) is 7.11 Å². The van der Waals surface area contributed by atoms with Gasteiger partial charge in [-0.3, -0.25) is 9.59 Å². The number of ketones is 2. The molecule has 166 valence electrons. The molecular formula is C25H31ClN2O3. The topological polar surface area (TPSA) is 61.2 Å². The molecule has 2 aromatic rings. The summed E-state index contributed by atoms with van der Waals surface area (Å²) in [5, 5.41) is 0.598. The lowest BCUT2D eigenvalue weighted by Gasteiger charge is -2.43. The minimum atomic E-state index is -0.550. The molecule has 0 amide bonds. The lowest BCUT2D eigenvalue weighted by Crippen LogP contribution is -2.45. The monoisotopic (exact) mass is 442 g/mol. The van der Waals surface area contributed by atoms with Gasteiger partial charge in [-0.15, -0.1) is 0 Å². The number of nitrogens with zero attached hydrogens (tertiary/aromatic N) is 2. The number of carbonyl (C=O) groups excluding carboxylic acids is 2. The van der Waals surface area contributed by atoms with Crippen molar-refractivity contribution >= 4 is 23.2 Å². The smallest absolute Gasteiger partial charge is 0.144 e. The van der Waals surface area contributed by atoms with Crippen LogP contribution in [0, 0.1) is 17.3 Å². The summed E-state index contributed by atoms with van der Waals surface area (Å²) in [6.45, 7) is 0. The summed E-state index contributed by atoms with van der Waals surface area (Å²) in [5.41, 5.74) is 0.896. The van der Waals surface area contributed by atoms with Crippen molar-refractivity contribution in [1.29, 1.82) is 0 Å². The van der Waals surface area contributed by atoms with Crippen LogP contribution in [0.5, 0.6) is 5.75 Å². The first-order chi connectivity index (χ1) is 14.9. The first-order valence-corrected chi connectivity index (χ1v) is 11.6. The summed E-state index contributed by atoms with van der Waals surface area (Å²) >= 11 is 6.32. The van der Waals surface area contributed by atoms with Gasteiger partial charge in [-0.2, -0.15) is 0 Å². The number of ether oxygens (including phenoxy) is 1. The highest BCUT2D eigenvalue weighted by Crippen LogP contribution is 2.51. The summed E-state index contributed by atoms with van der Waals surface area (Å²) < 4.78 is 7.15. The summed E-state index contributed by atoms with van der Waals surface area (Å²) in [6, 6.07) is 5.86. The van der Waals surface area contributed by atoms with Gasteiger partial charge in [0.2, 0.25) is 0 Å². The van der Waals surface area contributed by atoms with Crippen LogP contribution in [0.2, 0.25) is 5.02 Å². The van der Waals surface area contributed by atoms with E-state index in [-0.39, 0.29) is 17.0 Å². The largest absolute Gasteiger partial charge is 0.495 e. The fourth-order valence-electron chi connectivity index (χ4n) is 5.65. The molecule has 5 nitrogen and oxygen atoms in total. The zero-order valence-corrected chi connectivity index (χ0v) is 19.2. The molecule has 0 N–H and O–H groups in total. The van der Waals surface area contributed by atoms with E-state index in [0.29, 0.717) is 36.0 Å². The number of rotatable bonds is 7. The van der Waals surface area contributed by atoms with Gasteiger partial charge in [-0.25, -0.2) is 4.98 Å². The molecule has 0 unspecified atom stereocenters. The molecule has 1 aromatic carbocycles. The SMILES string of the molecule is COc1ccc(CCC2(C3CCCC3)CC(=O)C(Cc3nccn3C)C(=O)C2)cc1Cl. The third-order valence-corrected chi connectivity index (χ3v) is 7.78. The Morgan fingerprint density at radius 2 is 1.90 bits per heavy atom. The predicted octanol–water partition coefficient (Wildman–Crippen LogP) is 4.98. The second-order valence-electron chi connectivity index (χ2n) is 9.31. The van der Waals surface area contributed by atoms with Crippen molar-refractivity contribution in [3.63, 3.8) is 0 Å². The van der Waals surface area contributed by atoms with Crippen LogP contribution < -0.4 is 4.74 Å². The number of hydrogen-bond acceptors (Lipinski definition) is 4. The van der Waals surface area contributed by atoms with Crippen LogP contribution in [0.3, 0.4) is 0 Å². The van der Waals surface area contributed by atoms with Crippen molar-refractivity contribution in [3.8, 4) is 5.75 Å². The number of halogens is 1. The Hall–Kier alpha value is -2.14. The number of aryl methyl sites for hydroxylation is 2. The molecule has 0 saturated heterocycles. The van der Waals surface area contributed by atoms with Crippen LogP contribution in [0.1, 0.15) is 56.3 Å². The van der Waals surface area contributed by atoms with Gasteiger partial charge in [0.1, 0.15) is 23.1 Å². The molecule has 0 bridgehead atoms. The van der Waals surface area contributed by atoms with E-state index < -0.39 is 5.92 Å². The van der Waals surface area contributed by atoms with Gasteiger partial charge >= 0.3 is 0 Å². The van der Waals surface area contributed by atoms with Crippen LogP contribution in [-0.4, -0.2) is 28.2 Å². The third kappa shape index (κ3) is 4.57. The van der Waals surface area contributed by atoms with Gasteiger partial charge in [-0.1, -0.05) is 30.5 Å². The van der Waals surface area contributed by atoms with Crippen molar-refractivity contribution in [2.24, 2.45) is 24.3 Å². The third-order valence-electron chi connectivity index (χ3n) is 7.49. The summed E-state index contributed by atoms with van der Waals surface area (Å²) in [6.07, 6.45) is 11.3. The van der Waals surface area contributed by atoms with Gasteiger partial charge in [0.25, 0.3) is 0 Å². The molecule has 0 spiro atoms. The minimum absolute atomic E-state index is 0.0962. The second kappa shape index (κ2) is 9.15. The van der Waals surface area contributed by atoms with Gasteiger partial charge in [-0.05, 0) is 54.7 Å². The molecule has 4 rings (SSSR count). The molecule has 0 radical (unpaired) electrons. The van der Waals surface area contributed by atoms with Crippen LogP contribution in [-0.2, 0) is 29.5 Å². The maximum absolute atomic E-state index is 13.3. The van der Waals surface area contributed by atoms with Gasteiger partial charge < -0.3 is 9.30 Å². The highest BCUT2D eigenvalue weighted by Gasteiger charge is 2.49. The van der Waals surface area contributed by atoms with Crippen molar-refractivity contribution in [3.05, 3.63) is 47.0 Å². The molecule has 2 aliphatic rings. The number of Topliss-reactive ketones (excluding diaryl/α,β-unsaturated/α-hetero) is 2. The first kappa shape index (κ1) is 22.1. The molecule has 6 heteroatoms. The fourth-order valence-corrected chi connectivity index (χ4v) is 5.93. The number of imidazole rings is 1. The predicted molar refractivity (Wildman–Crippen MR) is 120 cm³/mol. The Balaban J connectivity index is 1.53. The number of methoxy groups -OCH3 is 1. The number of hydrogen-bond donors (Lipinski definition) is 0. The number of aromatic nitrogens is 2. The molecule has 1 aromatic heterocycles. The van der Waals surface area contributed by atoms with Crippen molar-refractivity contribution < 1.29 is 14.3 Å². The lowest BCUT2D eigenvalue weighted by molar-refractivity contribution is -0.142. The van der Waals surface area contributed by atoms with E-state index in [0.717, 1.165) is 37.1 Å². The van der Waals surface area contributed by atoms with E-state index in [1.54, 1.807) is 13.3 Å². The van der Waals surface area contributed by atoms with Crippen LogP contribution in [0.4, 0.5) is 0 Å². The normalized spacial score (nSPS) is 24.7. The Kier molecular flexibility index (Phi) is 6.52. The van der Waals surface area contributed by atoms with Crippen molar-refractivity contribution in [2.45, 2.75) is 57.8 Å². The molecular weight excluding hydrogens is 412 g/mol. The molecule has 31 heavy (non-hydrogen) atoms. The van der Waals surface area contributed by atoms with Gasteiger partial charge in [0.15, 0.2) is 0 Å². The maximum atomic E-state index is 13.3. The molecule has 2 aliphatic carbocycles. The Morgan fingerprint density at radius 1 is 1.19 bits per heavy atom. The minimum Gasteiger partial charge on any atom is -0.495 e. The molecule has 2 saturated carbocycles. The standard InChI is InChI=1S/C25H31ClN2O3/c1-28-12-11-27-24(28)14-19-21(29)15-25(16-22(19)30,18-5-3-4-6-18)10-9-17-7-8-23(31-2)20(26)13-17/h7-8,11-13,18-19H,3-6,9-10,14-16H2,1-2H3. The van der Waals surface area contributed by atoms with Crippen molar-refractivity contribution in [1.82, 2.24) is 9.55 Å². The van der Waals surface area contributed by atoms with E-state index in [4.69, 9.17) is 16.3 Å². The van der Waals surface area contributed by atoms with E-state index in [9.17, 15) is 9.59 Å². The quantitative estimate of drug-likeness (QED) is 0.567. The van der Waals surface area contributed by atoms with E-state index in [1.807, 2.05) is 36.0 Å². The average molecular weight is 443 g/mol. The fraction of sp³-hybridized carbons (Fsp3) is 0.560. The Bertz CT molecular complexity index is 943. The Labute approximate surface area is 189 Å². The lowest BCUT2D eigenvalue weighted by atomic mass is 9.59. The molecule has 1 heterocycles. The first-order valence-electron chi connectivity index (χ1n) is 11.3. The summed E-state index contributed by atoms with van der Waals surface area (Å²) in [4.78, 5) is 30.9. The summed E-state index contributed by atoms with van der Waals surface area (Å²) in [5.74, 6) is 1.55. The summed E-state index contributed by atoms with van der Waals surface area (Å²) in [7, 11) is 3.51. The highest BCUT2D eigenvalue weighted by molar-refractivity contribution is 6.32. The van der Waals surface area contributed by atoms with Crippen LogP contribution in [0.25, 0.3) is 0 Å². The van der Waals surface area contributed by atoms with E-state index in [1.165, 1.54) is 12.8 Å². The number of carbonyl (C=O) groups is 2. The van der Waals surface area contributed by atoms with Crippen LogP contribution in [0.15, 0.2) is 30.6 Å². The zero-order chi connectivity index (χ0) is 22.0. The highest BCUT2D eigenvalue weighted by atomic mass is 35.5. The molecule has 0 aliphatic heterocycles. The zero-order valence-electron chi connectivity index (χ0n) is 18.4. The second-order valence-corrected chi connectivity index (χ2v) is 9.72. The van der Waals surface area contributed by atoms with Gasteiger partial charge in [0, 0.05) is 38.7 Å². The van der Waals surface area contributed by atoms with E-state index in [2.05, 4.69) is 4.98 Å². The maximum Gasteiger partial charge on any atom is 0.144 e. The Morgan fingerprint density at radius 3 is 2.48 bits per heavy atom. The molecule has 0 atom stereocenters.